The van der Waals surface area contributed by atoms with E-state index < -0.39 is 15.9 Å². The van der Waals surface area contributed by atoms with Crippen LogP contribution in [0.15, 0.2) is 18.2 Å². The van der Waals surface area contributed by atoms with E-state index in [1.165, 1.54) is 0 Å². The van der Waals surface area contributed by atoms with E-state index in [2.05, 4.69) is 10.2 Å². The van der Waals surface area contributed by atoms with Gasteiger partial charge in [-0.1, -0.05) is 12.1 Å². The van der Waals surface area contributed by atoms with Crippen LogP contribution in [0.3, 0.4) is 0 Å². The Balaban J connectivity index is 1.49. The fourth-order valence-electron chi connectivity index (χ4n) is 3.69. The topological polar surface area (TPSA) is 90.0 Å². The van der Waals surface area contributed by atoms with E-state index >= 15 is 0 Å². The summed E-state index contributed by atoms with van der Waals surface area (Å²) in [5, 5.41) is 13.0. The molecule has 144 valence electrons. The van der Waals surface area contributed by atoms with Crippen LogP contribution in [0.4, 0.5) is 5.69 Å². The summed E-state index contributed by atoms with van der Waals surface area (Å²) in [4.78, 5) is 16.4. The molecule has 26 heavy (non-hydrogen) atoms. The number of aliphatic hydroxyl groups excluding tert-OH is 1. The Kier molecular flexibility index (Phi) is 5.67. The van der Waals surface area contributed by atoms with Crippen molar-refractivity contribution in [3.05, 3.63) is 29.3 Å². The van der Waals surface area contributed by atoms with Gasteiger partial charge in [-0.05, 0) is 31.0 Å². The van der Waals surface area contributed by atoms with Crippen LogP contribution in [0.25, 0.3) is 0 Å². The van der Waals surface area contributed by atoms with Crippen LogP contribution in [-0.4, -0.2) is 85.6 Å². The highest BCUT2D eigenvalue weighted by Crippen LogP contribution is 2.20. The number of benzene rings is 1. The summed E-state index contributed by atoms with van der Waals surface area (Å²) in [6.07, 6.45) is -0.806. The fraction of sp³-hybridized carbons (Fsp3) is 0.611. The molecule has 8 heteroatoms. The van der Waals surface area contributed by atoms with E-state index in [4.69, 9.17) is 0 Å². The highest BCUT2D eigenvalue weighted by Gasteiger charge is 2.40. The van der Waals surface area contributed by atoms with E-state index in [9.17, 15) is 18.3 Å². The first-order valence-corrected chi connectivity index (χ1v) is 10.8. The van der Waals surface area contributed by atoms with Crippen molar-refractivity contribution >= 4 is 21.4 Å². The maximum absolute atomic E-state index is 12.3. The van der Waals surface area contributed by atoms with Gasteiger partial charge in [-0.25, -0.2) is 8.42 Å². The molecule has 2 heterocycles. The van der Waals surface area contributed by atoms with Crippen LogP contribution in [0, 0.1) is 13.8 Å². The van der Waals surface area contributed by atoms with Gasteiger partial charge in [0.15, 0.2) is 9.84 Å². The second-order valence-electron chi connectivity index (χ2n) is 7.32. The quantitative estimate of drug-likeness (QED) is 0.764. The molecule has 3 rings (SSSR count). The number of amides is 1. The van der Waals surface area contributed by atoms with Gasteiger partial charge < -0.3 is 10.4 Å². The standard InChI is InChI=1S/C18H27N3O4S/c1-13-4-3-5-15(14(13)2)19-18(23)10-20-6-8-21(9-7-20)16-11-26(24,25)12-17(16)22/h3-5,16-17,22H,6-12H2,1-2H3,(H,19,23)/t16-,17+/m0/s1. The molecule has 2 aliphatic heterocycles. The number of aliphatic hydroxyl groups is 1. The molecule has 1 amide bonds. The molecule has 0 unspecified atom stereocenters. The zero-order valence-corrected chi connectivity index (χ0v) is 16.1. The highest BCUT2D eigenvalue weighted by molar-refractivity contribution is 7.91. The Bertz CT molecular complexity index is 773. The van der Waals surface area contributed by atoms with Crippen LogP contribution < -0.4 is 5.32 Å². The maximum atomic E-state index is 12.3. The van der Waals surface area contributed by atoms with Gasteiger partial charge in [0.1, 0.15) is 0 Å². The van der Waals surface area contributed by atoms with Gasteiger partial charge in [-0.15, -0.1) is 0 Å². The third-order valence-corrected chi connectivity index (χ3v) is 7.11. The third kappa shape index (κ3) is 4.43. The number of hydrogen-bond acceptors (Lipinski definition) is 6. The number of carbonyl (C=O) groups excluding carboxylic acids is 1. The minimum Gasteiger partial charge on any atom is -0.390 e. The Morgan fingerprint density at radius 1 is 1.19 bits per heavy atom. The van der Waals surface area contributed by atoms with Gasteiger partial charge in [-0.3, -0.25) is 14.6 Å². The summed E-state index contributed by atoms with van der Waals surface area (Å²) in [6.45, 7) is 7.01. The summed E-state index contributed by atoms with van der Waals surface area (Å²) in [7, 11) is -3.14. The largest absolute Gasteiger partial charge is 0.390 e. The average molecular weight is 381 g/mol. The Labute approximate surface area is 154 Å². The Hall–Kier alpha value is -1.48. The SMILES string of the molecule is Cc1cccc(NC(=O)CN2CCN([C@H]3CS(=O)(=O)C[C@H]3O)CC2)c1C. The number of rotatable bonds is 4. The van der Waals surface area contributed by atoms with Gasteiger partial charge in [0, 0.05) is 31.9 Å². The van der Waals surface area contributed by atoms with Crippen LogP contribution in [0.2, 0.25) is 0 Å². The number of sulfone groups is 1. The number of piperazine rings is 1. The lowest BCUT2D eigenvalue weighted by molar-refractivity contribution is -0.117. The lowest BCUT2D eigenvalue weighted by Crippen LogP contribution is -2.54. The molecule has 0 bridgehead atoms. The highest BCUT2D eigenvalue weighted by atomic mass is 32.2. The van der Waals surface area contributed by atoms with Gasteiger partial charge in [0.25, 0.3) is 0 Å². The van der Waals surface area contributed by atoms with Gasteiger partial charge in [0.2, 0.25) is 5.91 Å². The molecule has 2 aliphatic rings. The molecule has 7 nitrogen and oxygen atoms in total. The molecule has 2 N–H and O–H groups in total. The van der Waals surface area contributed by atoms with Crippen molar-refractivity contribution in [2.75, 3.05) is 49.5 Å². The van der Waals surface area contributed by atoms with Crippen LogP contribution in [0.1, 0.15) is 11.1 Å². The minimum atomic E-state index is -3.14. The lowest BCUT2D eigenvalue weighted by atomic mass is 10.1. The van der Waals surface area contributed by atoms with Crippen molar-refractivity contribution in [1.29, 1.82) is 0 Å². The molecule has 2 atom stereocenters. The predicted molar refractivity (Wildman–Crippen MR) is 101 cm³/mol. The van der Waals surface area contributed by atoms with Crippen molar-refractivity contribution in [3.8, 4) is 0 Å². The number of hydrogen-bond donors (Lipinski definition) is 2. The third-order valence-electron chi connectivity index (χ3n) is 5.42. The van der Waals surface area contributed by atoms with Crippen molar-refractivity contribution in [1.82, 2.24) is 9.80 Å². The van der Waals surface area contributed by atoms with Crippen molar-refractivity contribution in [2.24, 2.45) is 0 Å². The zero-order valence-electron chi connectivity index (χ0n) is 15.3. The summed E-state index contributed by atoms with van der Waals surface area (Å²) >= 11 is 0. The molecule has 2 saturated heterocycles. The van der Waals surface area contributed by atoms with Gasteiger partial charge >= 0.3 is 0 Å². The normalized spacial score (nSPS) is 26.7. The van der Waals surface area contributed by atoms with E-state index in [-0.39, 0.29) is 23.5 Å². The fourth-order valence-corrected chi connectivity index (χ4v) is 5.52. The summed E-state index contributed by atoms with van der Waals surface area (Å²) in [6, 6.07) is 5.53. The molecule has 2 fully saturated rings. The second kappa shape index (κ2) is 7.64. The molecule has 1 aromatic carbocycles. The number of nitrogens with zero attached hydrogens (tertiary/aromatic N) is 2. The summed E-state index contributed by atoms with van der Waals surface area (Å²) in [5.41, 5.74) is 3.05. The summed E-state index contributed by atoms with van der Waals surface area (Å²) in [5.74, 6) is -0.159. The Morgan fingerprint density at radius 2 is 1.88 bits per heavy atom. The maximum Gasteiger partial charge on any atom is 0.238 e. The summed E-state index contributed by atoms with van der Waals surface area (Å²) < 4.78 is 23.4. The first-order chi connectivity index (χ1) is 12.2. The first-order valence-electron chi connectivity index (χ1n) is 8.96. The number of anilines is 1. The molecule has 0 aliphatic carbocycles. The monoisotopic (exact) mass is 381 g/mol. The molecule has 0 radical (unpaired) electrons. The van der Waals surface area contributed by atoms with E-state index in [0.29, 0.717) is 32.7 Å². The first kappa shape index (κ1) is 19.3. The van der Waals surface area contributed by atoms with Crippen LogP contribution in [0.5, 0.6) is 0 Å². The van der Waals surface area contributed by atoms with Gasteiger partial charge in [0.05, 0.1) is 30.2 Å². The van der Waals surface area contributed by atoms with Crippen molar-refractivity contribution < 1.29 is 18.3 Å². The molecule has 0 saturated carbocycles. The van der Waals surface area contributed by atoms with Gasteiger partial charge in [-0.2, -0.15) is 0 Å². The second-order valence-corrected chi connectivity index (χ2v) is 9.47. The van der Waals surface area contributed by atoms with E-state index in [0.717, 1.165) is 16.8 Å². The number of nitrogens with one attached hydrogen (secondary N) is 1. The molecule has 1 aromatic rings. The lowest BCUT2D eigenvalue weighted by Gasteiger charge is -2.38. The molecule has 0 spiro atoms. The number of carbonyl (C=O) groups is 1. The molecular formula is C18H27N3O4S. The average Bonchev–Trinajstić information content (AvgIpc) is 2.85. The van der Waals surface area contributed by atoms with Crippen molar-refractivity contribution in [3.63, 3.8) is 0 Å². The van der Waals surface area contributed by atoms with Crippen LogP contribution >= 0.6 is 0 Å². The van der Waals surface area contributed by atoms with Crippen LogP contribution in [-0.2, 0) is 14.6 Å². The van der Waals surface area contributed by atoms with E-state index in [1.54, 1.807) is 0 Å². The van der Waals surface area contributed by atoms with E-state index in [1.807, 2.05) is 36.9 Å². The smallest absolute Gasteiger partial charge is 0.238 e. The molecular weight excluding hydrogens is 354 g/mol. The number of aryl methyl sites for hydroxylation is 1. The molecule has 0 aromatic heterocycles. The Morgan fingerprint density at radius 3 is 2.50 bits per heavy atom. The minimum absolute atomic E-state index is 0.0291. The van der Waals surface area contributed by atoms with Crippen molar-refractivity contribution in [2.45, 2.75) is 26.0 Å². The zero-order chi connectivity index (χ0) is 18.9. The predicted octanol–water partition coefficient (Wildman–Crippen LogP) is 0.0174.